The van der Waals surface area contributed by atoms with Gasteiger partial charge in [-0.05, 0) is 31.9 Å². The first kappa shape index (κ1) is 19.5. The minimum Gasteiger partial charge on any atom is -0.466 e. The second-order valence-corrected chi connectivity index (χ2v) is 6.69. The Hall–Kier alpha value is -3.22. The molecular formula is C21H22N2O5. The Morgan fingerprint density at radius 2 is 1.93 bits per heavy atom. The summed E-state index contributed by atoms with van der Waals surface area (Å²) in [6.45, 7) is 3.05. The molecule has 28 heavy (non-hydrogen) atoms. The van der Waals surface area contributed by atoms with Crippen LogP contribution in [-0.2, 0) is 9.53 Å². The molecule has 0 radical (unpaired) electrons. The normalized spacial score (nSPS) is 16.5. The lowest BCUT2D eigenvalue weighted by molar-refractivity contribution is -0.384. The van der Waals surface area contributed by atoms with E-state index in [1.807, 2.05) is 4.90 Å². The van der Waals surface area contributed by atoms with Gasteiger partial charge in [-0.15, -0.1) is 0 Å². The Balaban J connectivity index is 1.88. The predicted octanol–water partition coefficient (Wildman–Crippen LogP) is 3.61. The predicted molar refractivity (Wildman–Crippen MR) is 105 cm³/mol. The number of piperidine rings is 1. The maximum atomic E-state index is 12.6. The zero-order valence-corrected chi connectivity index (χ0v) is 15.7. The molecule has 0 aliphatic carbocycles. The monoisotopic (exact) mass is 382 g/mol. The third kappa shape index (κ3) is 4.19. The zero-order valence-electron chi connectivity index (χ0n) is 15.7. The summed E-state index contributed by atoms with van der Waals surface area (Å²) in [5, 5.41) is 11.7. The van der Waals surface area contributed by atoms with Gasteiger partial charge in [0.1, 0.15) is 5.69 Å². The fraction of sp³-hybridized carbons (Fsp3) is 0.333. The molecule has 2 aromatic carbocycles. The number of carbonyl (C=O) groups excluding carboxylic acids is 2. The Bertz CT molecular complexity index is 882. The lowest BCUT2D eigenvalue weighted by atomic mass is 9.96. The van der Waals surface area contributed by atoms with Crippen molar-refractivity contribution in [3.8, 4) is 0 Å². The molecule has 1 saturated heterocycles. The molecule has 0 saturated carbocycles. The topological polar surface area (TPSA) is 89.8 Å². The third-order valence-electron chi connectivity index (χ3n) is 4.85. The SMILES string of the molecule is CCOC(=O)C1CCCN(c2ccc(C(=O)c3ccccc3)cc2[N+](=O)[O-])C1. The largest absolute Gasteiger partial charge is 0.466 e. The molecule has 1 fully saturated rings. The fourth-order valence-corrected chi connectivity index (χ4v) is 3.48. The van der Waals surface area contributed by atoms with E-state index in [-0.39, 0.29) is 28.9 Å². The van der Waals surface area contributed by atoms with E-state index in [0.29, 0.717) is 37.4 Å². The zero-order chi connectivity index (χ0) is 20.1. The number of nitro groups is 1. The Labute approximate surface area is 163 Å². The van der Waals surface area contributed by atoms with Crippen LogP contribution in [0.4, 0.5) is 11.4 Å². The van der Waals surface area contributed by atoms with Crippen molar-refractivity contribution >= 4 is 23.1 Å². The van der Waals surface area contributed by atoms with Gasteiger partial charge in [0.15, 0.2) is 5.78 Å². The number of carbonyl (C=O) groups is 2. The molecule has 1 aliphatic rings. The molecule has 1 atom stereocenters. The van der Waals surface area contributed by atoms with E-state index in [1.54, 1.807) is 49.4 Å². The highest BCUT2D eigenvalue weighted by molar-refractivity contribution is 6.09. The molecule has 1 aliphatic heterocycles. The van der Waals surface area contributed by atoms with Crippen molar-refractivity contribution in [2.24, 2.45) is 5.92 Å². The quantitative estimate of drug-likeness (QED) is 0.328. The van der Waals surface area contributed by atoms with Crippen molar-refractivity contribution in [2.75, 3.05) is 24.6 Å². The minimum absolute atomic E-state index is 0.133. The maximum Gasteiger partial charge on any atom is 0.310 e. The van der Waals surface area contributed by atoms with Crippen molar-refractivity contribution in [3.05, 3.63) is 69.8 Å². The smallest absolute Gasteiger partial charge is 0.310 e. The summed E-state index contributed by atoms with van der Waals surface area (Å²) in [6.07, 6.45) is 1.44. The molecule has 0 N–H and O–H groups in total. The second kappa shape index (κ2) is 8.65. The minimum atomic E-state index is -0.481. The molecule has 1 unspecified atom stereocenters. The number of anilines is 1. The Morgan fingerprint density at radius 1 is 1.18 bits per heavy atom. The Morgan fingerprint density at radius 3 is 2.61 bits per heavy atom. The molecule has 0 aromatic heterocycles. The number of ketones is 1. The number of esters is 1. The molecule has 0 amide bonds. The van der Waals surface area contributed by atoms with E-state index in [1.165, 1.54) is 6.07 Å². The highest BCUT2D eigenvalue weighted by Crippen LogP contribution is 2.33. The van der Waals surface area contributed by atoms with E-state index in [0.717, 1.165) is 6.42 Å². The number of rotatable bonds is 6. The van der Waals surface area contributed by atoms with Crippen LogP contribution in [0.25, 0.3) is 0 Å². The molecule has 146 valence electrons. The van der Waals surface area contributed by atoms with Crippen LogP contribution in [-0.4, -0.2) is 36.4 Å². The van der Waals surface area contributed by atoms with Crippen LogP contribution in [0.2, 0.25) is 0 Å². The van der Waals surface area contributed by atoms with Crippen LogP contribution >= 0.6 is 0 Å². The summed E-state index contributed by atoms with van der Waals surface area (Å²) in [5.41, 5.74) is 1.03. The molecule has 0 spiro atoms. The van der Waals surface area contributed by atoms with Gasteiger partial charge in [-0.25, -0.2) is 0 Å². The lowest BCUT2D eigenvalue weighted by Crippen LogP contribution is -2.39. The van der Waals surface area contributed by atoms with Gasteiger partial charge in [0.2, 0.25) is 0 Å². The van der Waals surface area contributed by atoms with Gasteiger partial charge in [0, 0.05) is 30.3 Å². The summed E-state index contributed by atoms with van der Waals surface area (Å²) < 4.78 is 5.10. The van der Waals surface area contributed by atoms with Crippen LogP contribution in [0.1, 0.15) is 35.7 Å². The second-order valence-electron chi connectivity index (χ2n) is 6.69. The number of hydrogen-bond acceptors (Lipinski definition) is 6. The van der Waals surface area contributed by atoms with Crippen molar-refractivity contribution in [1.82, 2.24) is 0 Å². The molecule has 0 bridgehead atoms. The number of nitro benzene ring substituents is 1. The average molecular weight is 382 g/mol. The summed E-state index contributed by atoms with van der Waals surface area (Å²) in [5.74, 6) is -0.844. The van der Waals surface area contributed by atoms with Gasteiger partial charge in [-0.2, -0.15) is 0 Å². The molecular weight excluding hydrogens is 360 g/mol. The van der Waals surface area contributed by atoms with E-state index < -0.39 is 4.92 Å². The van der Waals surface area contributed by atoms with Gasteiger partial charge >= 0.3 is 5.97 Å². The molecule has 2 aromatic rings. The van der Waals surface area contributed by atoms with E-state index in [4.69, 9.17) is 4.74 Å². The van der Waals surface area contributed by atoms with Gasteiger partial charge < -0.3 is 9.64 Å². The maximum absolute atomic E-state index is 12.6. The number of benzene rings is 2. The lowest BCUT2D eigenvalue weighted by Gasteiger charge is -2.32. The van der Waals surface area contributed by atoms with Crippen LogP contribution in [0.15, 0.2) is 48.5 Å². The number of ether oxygens (including phenoxy) is 1. The molecule has 7 nitrogen and oxygen atoms in total. The summed E-state index contributed by atoms with van der Waals surface area (Å²) in [6, 6.07) is 13.2. The standard InChI is InChI=1S/C21H22N2O5/c1-2-28-21(25)17-9-6-12-22(14-17)18-11-10-16(13-19(18)23(26)27)20(24)15-7-4-3-5-8-15/h3-5,7-8,10-11,13,17H,2,6,9,12,14H2,1H3. The van der Waals surface area contributed by atoms with Crippen molar-refractivity contribution < 1.29 is 19.2 Å². The van der Waals surface area contributed by atoms with E-state index in [2.05, 4.69) is 0 Å². The van der Waals surface area contributed by atoms with E-state index in [9.17, 15) is 19.7 Å². The molecule has 1 heterocycles. The van der Waals surface area contributed by atoms with Crippen molar-refractivity contribution in [3.63, 3.8) is 0 Å². The Kier molecular flexibility index (Phi) is 6.03. The van der Waals surface area contributed by atoms with Gasteiger partial charge in [-0.3, -0.25) is 19.7 Å². The highest BCUT2D eigenvalue weighted by Gasteiger charge is 2.30. The first-order valence-corrected chi connectivity index (χ1v) is 9.31. The number of nitrogens with zero attached hydrogens (tertiary/aromatic N) is 2. The highest BCUT2D eigenvalue weighted by atomic mass is 16.6. The van der Waals surface area contributed by atoms with Crippen LogP contribution in [0, 0.1) is 16.0 Å². The van der Waals surface area contributed by atoms with Crippen LogP contribution < -0.4 is 4.90 Å². The fourth-order valence-electron chi connectivity index (χ4n) is 3.48. The van der Waals surface area contributed by atoms with Crippen molar-refractivity contribution in [2.45, 2.75) is 19.8 Å². The summed E-state index contributed by atoms with van der Waals surface area (Å²) in [7, 11) is 0. The first-order valence-electron chi connectivity index (χ1n) is 9.31. The van der Waals surface area contributed by atoms with Gasteiger partial charge in [0.05, 0.1) is 17.4 Å². The van der Waals surface area contributed by atoms with Gasteiger partial charge in [-0.1, -0.05) is 30.3 Å². The van der Waals surface area contributed by atoms with Crippen LogP contribution in [0.3, 0.4) is 0 Å². The van der Waals surface area contributed by atoms with Crippen molar-refractivity contribution in [1.29, 1.82) is 0 Å². The molecule has 7 heteroatoms. The van der Waals surface area contributed by atoms with E-state index >= 15 is 0 Å². The van der Waals surface area contributed by atoms with Crippen LogP contribution in [0.5, 0.6) is 0 Å². The summed E-state index contributed by atoms with van der Waals surface area (Å²) >= 11 is 0. The number of hydrogen-bond donors (Lipinski definition) is 0. The third-order valence-corrected chi connectivity index (χ3v) is 4.85. The summed E-state index contributed by atoms with van der Waals surface area (Å²) in [4.78, 5) is 37.7. The average Bonchev–Trinajstić information content (AvgIpc) is 2.73. The molecule has 3 rings (SSSR count). The van der Waals surface area contributed by atoms with Gasteiger partial charge in [0.25, 0.3) is 5.69 Å². The first-order chi connectivity index (χ1) is 13.5.